The first-order chi connectivity index (χ1) is 58.7. The Hall–Kier alpha value is -10.3. The minimum atomic E-state index is -0.446. The first-order valence-electron chi connectivity index (χ1n) is 39.5. The van der Waals surface area contributed by atoms with Crippen LogP contribution in [-0.2, 0) is 43.8 Å². The third kappa shape index (κ3) is 24.8. The van der Waals surface area contributed by atoms with E-state index in [9.17, 15) is 0 Å². The molecular formula is C104H92BBrCl2N6O2P4Pd. The second-order valence-electron chi connectivity index (χ2n) is 28.7. The Morgan fingerprint density at radius 3 is 0.785 bits per heavy atom. The Morgan fingerprint density at radius 2 is 0.529 bits per heavy atom. The van der Waals surface area contributed by atoms with Gasteiger partial charge in [0.2, 0.25) is 0 Å². The first kappa shape index (κ1) is 90.0. The van der Waals surface area contributed by atoms with Crippen molar-refractivity contribution in [2.24, 2.45) is 14.1 Å². The molecule has 8 nitrogen and oxygen atoms in total. The molecular weight excluding hydrogens is 1760 g/mol. The van der Waals surface area contributed by atoms with Crippen LogP contribution in [0.1, 0.15) is 27.7 Å². The summed E-state index contributed by atoms with van der Waals surface area (Å²) in [5.41, 5.74) is 6.33. The molecule has 0 N–H and O–H groups in total. The molecule has 0 radical (unpaired) electrons. The smallest absolute Gasteiger partial charge is 0.399 e. The number of halogens is 3. The van der Waals surface area contributed by atoms with Gasteiger partial charge in [0.05, 0.1) is 45.9 Å². The van der Waals surface area contributed by atoms with E-state index >= 15 is 0 Å². The number of hydrogen-bond donors (Lipinski definition) is 0. The van der Waals surface area contributed by atoms with Crippen molar-refractivity contribution in [1.82, 2.24) is 29.1 Å². The second-order valence-corrected chi connectivity index (χ2v) is 39.2. The van der Waals surface area contributed by atoms with Gasteiger partial charge in [-0.15, -0.1) is 0 Å². The maximum absolute atomic E-state index is 6.09. The number of imidazole rings is 2. The average molecular weight is 1850 g/mol. The van der Waals surface area contributed by atoms with Crippen molar-refractivity contribution in [1.29, 1.82) is 0 Å². The van der Waals surface area contributed by atoms with E-state index < -0.39 is 38.8 Å². The second kappa shape index (κ2) is 45.6. The van der Waals surface area contributed by atoms with Crippen LogP contribution in [0.15, 0.2) is 454 Å². The third-order valence-corrected chi connectivity index (χ3v) is 30.8. The van der Waals surface area contributed by atoms with Gasteiger partial charge in [-0.1, -0.05) is 415 Å². The van der Waals surface area contributed by atoms with Gasteiger partial charge in [0, 0.05) is 62.4 Å². The summed E-state index contributed by atoms with van der Waals surface area (Å²) < 4.78 is 16.8. The Balaban J connectivity index is 0.000000130. The minimum Gasteiger partial charge on any atom is -0.399 e. The van der Waals surface area contributed by atoms with Crippen molar-refractivity contribution < 1.29 is 29.7 Å². The molecule has 0 atom stereocenters. The molecule has 1 saturated heterocycles. The molecule has 0 amide bonds. The number of benzene rings is 14. The fraction of sp³-hybridized carbons (Fsp3) is 0.0769. The Kier molecular flexibility index (Phi) is 33.9. The monoisotopic (exact) mass is 1850 g/mol. The van der Waals surface area contributed by atoms with Gasteiger partial charge in [0.15, 0.2) is 0 Å². The van der Waals surface area contributed by atoms with E-state index in [0.29, 0.717) is 10.3 Å². The summed E-state index contributed by atoms with van der Waals surface area (Å²) in [4.78, 5) is 16.6. The summed E-state index contributed by atoms with van der Waals surface area (Å²) in [6, 6.07) is 149. The van der Waals surface area contributed by atoms with E-state index in [2.05, 4.69) is 412 Å². The molecule has 19 rings (SSSR count). The molecule has 4 aromatic heterocycles. The van der Waals surface area contributed by atoms with Gasteiger partial charge in [-0.25, -0.2) is 19.9 Å². The number of fused-ring (bicyclic) bond motifs is 2. The SMILES string of the molecule is CC1(C)OB(c2cccnc2Cl)OC1(C)C.Cn1cnc2ccc(-c3cccnc3Cl)cc21.Cn1cnc2ccc(Br)cc21.[Pd].c1ccc(P(c2ccccc2)c2ccccc2)cc1.c1ccc(P(c2ccccc2)c2ccccc2)cc1.c1ccc(P(c2ccccc2)c2ccccc2)cc1.c1ccc(P(c2ccccc2)c2ccccc2)cc1. The quantitative estimate of drug-likeness (QED) is 0.0613. The van der Waals surface area contributed by atoms with Crippen LogP contribution in [0.25, 0.3) is 33.2 Å². The van der Waals surface area contributed by atoms with Gasteiger partial charge in [-0.05, 0) is 177 Å². The van der Waals surface area contributed by atoms with Crippen molar-refractivity contribution in [3.8, 4) is 11.1 Å². The summed E-state index contributed by atoms with van der Waals surface area (Å²) in [7, 11) is 1.74. The summed E-state index contributed by atoms with van der Waals surface area (Å²) in [5, 5.41) is 17.7. The van der Waals surface area contributed by atoms with Crippen LogP contribution in [0.5, 0.6) is 0 Å². The minimum absolute atomic E-state index is 0. The van der Waals surface area contributed by atoms with Gasteiger partial charge >= 0.3 is 7.12 Å². The summed E-state index contributed by atoms with van der Waals surface area (Å²) in [6.45, 7) is 8.04. The van der Waals surface area contributed by atoms with Crippen LogP contribution in [0.3, 0.4) is 0 Å². The molecule has 0 bridgehead atoms. The van der Waals surface area contributed by atoms with Crippen molar-refractivity contribution >= 4 is 169 Å². The Morgan fingerprint density at radius 1 is 0.289 bits per heavy atom. The van der Waals surface area contributed by atoms with Gasteiger partial charge in [0.25, 0.3) is 0 Å². The molecule has 604 valence electrons. The molecule has 1 aliphatic rings. The maximum Gasteiger partial charge on any atom is 0.498 e. The van der Waals surface area contributed by atoms with Crippen molar-refractivity contribution in [3.05, 3.63) is 464 Å². The molecule has 17 heteroatoms. The first-order valence-corrected chi connectivity index (χ1v) is 46.4. The van der Waals surface area contributed by atoms with Gasteiger partial charge in [-0.2, -0.15) is 0 Å². The van der Waals surface area contributed by atoms with E-state index in [1.165, 1.54) is 63.7 Å². The zero-order valence-electron chi connectivity index (χ0n) is 68.0. The largest absolute Gasteiger partial charge is 0.498 e. The summed E-state index contributed by atoms with van der Waals surface area (Å²) in [5.74, 6) is 0. The van der Waals surface area contributed by atoms with E-state index in [4.69, 9.17) is 32.5 Å². The van der Waals surface area contributed by atoms with E-state index in [1.807, 2.05) is 106 Å². The van der Waals surface area contributed by atoms with Crippen LogP contribution >= 0.6 is 70.8 Å². The zero-order valence-corrected chi connectivity index (χ0v) is 76.3. The van der Waals surface area contributed by atoms with Crippen LogP contribution in [0.2, 0.25) is 10.3 Å². The standard InChI is InChI=1S/4C18H15P.C13H10ClN3.C11H15BClNO2.C8H7BrN2.Pd/c4*1-4-10-16(11-5-1)19(17-12-6-2-7-13-17)18-14-8-3-9-15-18;1-17-8-16-11-5-4-9(7-12(11)17)10-3-2-6-15-13(10)14;1-10(2)11(3,4)16-12(15-10)8-6-5-7-14-9(8)13;1-11-5-10-7-3-2-6(9)4-8(7)11;/h4*1-15H;2-8H,1H3;5-7H,1-4H3;2-5H,1H3;. The predicted molar refractivity (Wildman–Crippen MR) is 523 cm³/mol. The van der Waals surface area contributed by atoms with Crippen molar-refractivity contribution in [2.75, 3.05) is 0 Å². The molecule has 18 aromatic rings. The van der Waals surface area contributed by atoms with Gasteiger partial charge < -0.3 is 18.4 Å². The van der Waals surface area contributed by atoms with Crippen LogP contribution < -0.4 is 69.1 Å². The molecule has 14 aromatic carbocycles. The van der Waals surface area contributed by atoms with Gasteiger partial charge in [0.1, 0.15) is 10.3 Å². The summed E-state index contributed by atoms with van der Waals surface area (Å²) >= 11 is 15.5. The van der Waals surface area contributed by atoms with Crippen molar-refractivity contribution in [3.63, 3.8) is 0 Å². The number of aryl methyl sites for hydroxylation is 2. The van der Waals surface area contributed by atoms with Crippen LogP contribution in [0.4, 0.5) is 0 Å². The fourth-order valence-electron chi connectivity index (χ4n) is 13.3. The average Bonchev–Trinajstić information content (AvgIpc) is 1.61. The van der Waals surface area contributed by atoms with Crippen LogP contribution in [-0.4, -0.2) is 47.4 Å². The molecule has 0 unspecified atom stereocenters. The van der Waals surface area contributed by atoms with Gasteiger partial charge in [-0.3, -0.25) is 0 Å². The predicted octanol–water partition coefficient (Wildman–Crippen LogP) is 21.4. The number of aromatic nitrogens is 6. The number of rotatable bonds is 14. The topological polar surface area (TPSA) is 79.9 Å². The fourth-order valence-corrected chi connectivity index (χ4v) is 23.3. The number of nitrogens with zero attached hydrogens (tertiary/aromatic N) is 6. The molecule has 0 spiro atoms. The van der Waals surface area contributed by atoms with E-state index in [0.717, 1.165) is 43.1 Å². The van der Waals surface area contributed by atoms with E-state index in [1.54, 1.807) is 18.7 Å². The molecule has 1 aliphatic heterocycles. The molecule has 0 saturated carbocycles. The normalized spacial score (nSPS) is 12.1. The maximum atomic E-state index is 6.09. The molecule has 0 aliphatic carbocycles. The number of pyridine rings is 2. The Bertz CT molecular complexity index is 5220. The molecule has 1 fully saturated rings. The van der Waals surface area contributed by atoms with Crippen molar-refractivity contribution in [2.45, 2.75) is 38.9 Å². The third-order valence-electron chi connectivity index (χ3n) is 20.0. The Labute approximate surface area is 750 Å². The summed E-state index contributed by atoms with van der Waals surface area (Å²) in [6.07, 6.45) is 6.96. The van der Waals surface area contributed by atoms with Crippen LogP contribution in [0, 0.1) is 0 Å². The number of hydrogen-bond acceptors (Lipinski definition) is 6. The zero-order chi connectivity index (χ0) is 83.3. The molecule has 5 heterocycles. The molecule has 121 heavy (non-hydrogen) atoms. The van der Waals surface area contributed by atoms with E-state index in [-0.39, 0.29) is 31.6 Å².